The number of alkyl halides is 5. The molecule has 4 nitrogen and oxygen atoms in total. The number of amides is 1. The summed E-state index contributed by atoms with van der Waals surface area (Å²) >= 11 is 0. The normalized spacial score (nSPS) is 12.3. The van der Waals surface area contributed by atoms with Gasteiger partial charge in [-0.2, -0.15) is 13.2 Å². The van der Waals surface area contributed by atoms with E-state index >= 15 is 0 Å². The second kappa shape index (κ2) is 12.3. The molecule has 0 spiro atoms. The van der Waals surface area contributed by atoms with E-state index in [1.807, 2.05) is 0 Å². The zero-order valence-corrected chi connectivity index (χ0v) is 17.9. The highest BCUT2D eigenvalue weighted by atomic mass is 19.4. The summed E-state index contributed by atoms with van der Waals surface area (Å²) in [6, 6.07) is 10.2. The molecule has 0 saturated heterocycles. The maximum Gasteiger partial charge on any atom is 0.416 e. The Balaban J connectivity index is 1.84. The fraction of sp³-hybridized carbons (Fsp3) is 0.435. The van der Waals surface area contributed by atoms with Crippen molar-refractivity contribution < 1.29 is 26.7 Å². The van der Waals surface area contributed by atoms with Gasteiger partial charge in [-0.15, -0.1) is 0 Å². The fourth-order valence-electron chi connectivity index (χ4n) is 3.10. The Morgan fingerprint density at radius 2 is 1.72 bits per heavy atom. The topological polar surface area (TPSA) is 53.2 Å². The molecule has 9 heteroatoms. The van der Waals surface area contributed by atoms with Crippen LogP contribution < -0.4 is 16.0 Å². The Hall–Kier alpha value is -2.84. The van der Waals surface area contributed by atoms with Gasteiger partial charge < -0.3 is 16.0 Å². The molecule has 0 fully saturated rings. The molecule has 0 radical (unpaired) electrons. The molecular formula is C23H28F5N3O. The molecule has 0 aliphatic rings. The molecule has 2 aromatic carbocycles. The van der Waals surface area contributed by atoms with E-state index in [1.165, 1.54) is 12.1 Å². The molecule has 2 rings (SSSR count). The van der Waals surface area contributed by atoms with Gasteiger partial charge in [-0.25, -0.2) is 8.78 Å². The van der Waals surface area contributed by atoms with Crippen molar-refractivity contribution in [3.05, 3.63) is 53.6 Å². The van der Waals surface area contributed by atoms with Gasteiger partial charge in [-0.05, 0) is 48.7 Å². The third-order valence-corrected chi connectivity index (χ3v) is 4.93. The number of unbranched alkanes of at least 4 members (excludes halogenated alkanes) is 2. The van der Waals surface area contributed by atoms with Crippen LogP contribution in [0.1, 0.15) is 43.2 Å². The number of rotatable bonds is 12. The predicted octanol–water partition coefficient (Wildman–Crippen LogP) is 6.56. The lowest BCUT2D eigenvalue weighted by Gasteiger charge is -2.14. The van der Waals surface area contributed by atoms with Crippen LogP contribution in [0.5, 0.6) is 0 Å². The molecule has 0 unspecified atom stereocenters. The lowest BCUT2D eigenvalue weighted by Crippen LogP contribution is -2.13. The zero-order valence-electron chi connectivity index (χ0n) is 17.9. The minimum atomic E-state index is -4.36. The number of hydrogen-bond acceptors (Lipinski definition) is 3. The fourth-order valence-corrected chi connectivity index (χ4v) is 3.10. The summed E-state index contributed by atoms with van der Waals surface area (Å²) in [5.74, 6) is -0.172. The lowest BCUT2D eigenvalue weighted by atomic mass is 10.1. The first kappa shape index (κ1) is 25.4. The van der Waals surface area contributed by atoms with E-state index in [1.54, 1.807) is 25.2 Å². The van der Waals surface area contributed by atoms with E-state index in [0.29, 0.717) is 42.7 Å². The number of anilines is 3. The van der Waals surface area contributed by atoms with Crippen LogP contribution in [0.25, 0.3) is 0 Å². The van der Waals surface area contributed by atoms with Crippen molar-refractivity contribution in [1.29, 1.82) is 0 Å². The standard InChI is InChI=1S/C23H28F5N3O/c1-29-21-13-19(30-15-16-7-9-17(10-8-16)23(26,27)28)11-12-20(21)31-22(32)6-4-2-3-5-18(25)14-24/h7-13,18,29-30H,2-6,14-15H2,1H3,(H,31,32)/t18-/m1/s1. The van der Waals surface area contributed by atoms with E-state index < -0.39 is 24.6 Å². The van der Waals surface area contributed by atoms with Crippen LogP contribution in [0.3, 0.4) is 0 Å². The SMILES string of the molecule is CNc1cc(NCc2ccc(C(F)(F)F)cc2)ccc1NC(=O)CCCCC[C@@H](F)CF. The lowest BCUT2D eigenvalue weighted by molar-refractivity contribution is -0.137. The highest BCUT2D eigenvalue weighted by molar-refractivity contribution is 5.94. The van der Waals surface area contributed by atoms with Crippen LogP contribution in [0.4, 0.5) is 39.0 Å². The van der Waals surface area contributed by atoms with Gasteiger partial charge in [-0.3, -0.25) is 4.79 Å². The van der Waals surface area contributed by atoms with Crippen LogP contribution in [0.2, 0.25) is 0 Å². The number of nitrogens with one attached hydrogen (secondary N) is 3. The third kappa shape index (κ3) is 8.36. The van der Waals surface area contributed by atoms with Crippen LogP contribution in [-0.2, 0) is 17.5 Å². The summed E-state index contributed by atoms with van der Waals surface area (Å²) in [5.41, 5.74) is 2.02. The molecule has 0 aliphatic heterocycles. The average Bonchev–Trinajstić information content (AvgIpc) is 2.77. The summed E-state index contributed by atoms with van der Waals surface area (Å²) in [7, 11) is 1.71. The molecule has 3 N–H and O–H groups in total. The molecule has 0 aliphatic carbocycles. The van der Waals surface area contributed by atoms with Crippen LogP contribution in [0, 0.1) is 0 Å². The molecule has 0 heterocycles. The van der Waals surface area contributed by atoms with Crippen LogP contribution in [-0.4, -0.2) is 25.8 Å². The second-order valence-corrected chi connectivity index (χ2v) is 7.46. The smallest absolute Gasteiger partial charge is 0.386 e. The maximum absolute atomic E-state index is 12.8. The van der Waals surface area contributed by atoms with Gasteiger partial charge >= 0.3 is 6.18 Å². The van der Waals surface area contributed by atoms with Gasteiger partial charge in [0.25, 0.3) is 0 Å². The Labute approximate surface area is 184 Å². The summed E-state index contributed by atoms with van der Waals surface area (Å²) in [5, 5.41) is 8.97. The molecule has 1 atom stereocenters. The molecule has 0 bridgehead atoms. The summed E-state index contributed by atoms with van der Waals surface area (Å²) < 4.78 is 62.8. The molecule has 1 amide bonds. The van der Waals surface area contributed by atoms with E-state index in [0.717, 1.165) is 17.8 Å². The van der Waals surface area contributed by atoms with Gasteiger partial charge in [-0.1, -0.05) is 25.0 Å². The zero-order chi connectivity index (χ0) is 23.6. The molecule has 32 heavy (non-hydrogen) atoms. The molecular weight excluding hydrogens is 429 g/mol. The number of benzene rings is 2. The van der Waals surface area contributed by atoms with Crippen LogP contribution in [0.15, 0.2) is 42.5 Å². The average molecular weight is 457 g/mol. The highest BCUT2D eigenvalue weighted by Gasteiger charge is 2.29. The van der Waals surface area contributed by atoms with E-state index in [-0.39, 0.29) is 18.7 Å². The van der Waals surface area contributed by atoms with Gasteiger partial charge in [0.1, 0.15) is 12.8 Å². The van der Waals surface area contributed by atoms with Crippen molar-refractivity contribution in [2.45, 2.75) is 51.0 Å². The van der Waals surface area contributed by atoms with Gasteiger partial charge in [0, 0.05) is 25.7 Å². The minimum Gasteiger partial charge on any atom is -0.386 e. The van der Waals surface area contributed by atoms with Crippen molar-refractivity contribution >= 4 is 23.0 Å². The first-order valence-electron chi connectivity index (χ1n) is 10.4. The maximum atomic E-state index is 12.8. The number of hydrogen-bond donors (Lipinski definition) is 3. The Morgan fingerprint density at radius 1 is 1.00 bits per heavy atom. The number of carbonyl (C=O) groups is 1. The van der Waals surface area contributed by atoms with E-state index in [9.17, 15) is 26.7 Å². The van der Waals surface area contributed by atoms with Crippen molar-refractivity contribution in [2.75, 3.05) is 29.7 Å². The van der Waals surface area contributed by atoms with E-state index in [2.05, 4.69) is 16.0 Å². The third-order valence-electron chi connectivity index (χ3n) is 4.93. The first-order chi connectivity index (χ1) is 15.2. The Kier molecular flexibility index (Phi) is 9.74. The summed E-state index contributed by atoms with van der Waals surface area (Å²) in [6.07, 6.45) is -3.55. The summed E-state index contributed by atoms with van der Waals surface area (Å²) in [6.45, 7) is -0.627. The molecule has 0 aromatic heterocycles. The number of halogens is 5. The highest BCUT2D eigenvalue weighted by Crippen LogP contribution is 2.29. The van der Waals surface area contributed by atoms with Gasteiger partial charge in [0.15, 0.2) is 0 Å². The number of carbonyl (C=O) groups excluding carboxylic acids is 1. The Bertz CT molecular complexity index is 856. The van der Waals surface area contributed by atoms with Crippen LogP contribution >= 0.6 is 0 Å². The quantitative estimate of drug-likeness (QED) is 0.250. The largest absolute Gasteiger partial charge is 0.416 e. The minimum absolute atomic E-state index is 0.170. The summed E-state index contributed by atoms with van der Waals surface area (Å²) in [4.78, 5) is 12.2. The Morgan fingerprint density at radius 3 is 2.34 bits per heavy atom. The van der Waals surface area contributed by atoms with E-state index in [4.69, 9.17) is 0 Å². The molecule has 0 saturated carbocycles. The van der Waals surface area contributed by atoms with Crippen molar-refractivity contribution in [3.8, 4) is 0 Å². The van der Waals surface area contributed by atoms with Crippen molar-refractivity contribution in [3.63, 3.8) is 0 Å². The molecule has 2 aromatic rings. The molecule has 176 valence electrons. The monoisotopic (exact) mass is 457 g/mol. The predicted molar refractivity (Wildman–Crippen MR) is 117 cm³/mol. The first-order valence-corrected chi connectivity index (χ1v) is 10.4. The second-order valence-electron chi connectivity index (χ2n) is 7.46. The van der Waals surface area contributed by atoms with Crippen molar-refractivity contribution in [1.82, 2.24) is 0 Å². The van der Waals surface area contributed by atoms with Crippen molar-refractivity contribution in [2.24, 2.45) is 0 Å². The van der Waals surface area contributed by atoms with Gasteiger partial charge in [0.05, 0.1) is 16.9 Å². The van der Waals surface area contributed by atoms with Gasteiger partial charge in [0.2, 0.25) is 5.91 Å².